The first kappa shape index (κ1) is 13.9. The molecule has 1 heterocycles. The van der Waals surface area contributed by atoms with Crippen molar-refractivity contribution in [1.29, 1.82) is 0 Å². The molecule has 1 fully saturated rings. The van der Waals surface area contributed by atoms with Gasteiger partial charge in [0.1, 0.15) is 0 Å². The van der Waals surface area contributed by atoms with Gasteiger partial charge in [-0.15, -0.1) is 0 Å². The van der Waals surface area contributed by atoms with Gasteiger partial charge in [-0.25, -0.2) is 4.79 Å². The fourth-order valence-corrected chi connectivity index (χ4v) is 2.49. The largest absolute Gasteiger partial charge is 0.372 e. The molecule has 0 radical (unpaired) electrons. The predicted molar refractivity (Wildman–Crippen MR) is 76.5 cm³/mol. The quantitative estimate of drug-likeness (QED) is 0.845. The van der Waals surface area contributed by atoms with Gasteiger partial charge in [0.05, 0.1) is 12.2 Å². The van der Waals surface area contributed by atoms with Crippen LogP contribution >= 0.6 is 0 Å². The number of urea groups is 1. The molecule has 0 saturated carbocycles. The average molecular weight is 262 g/mol. The Labute approximate surface area is 114 Å². The molecule has 0 spiro atoms. The molecule has 1 aromatic carbocycles. The SMILES string of the molecule is Cc1ccc(NC(=O)N2C[C@@H](C)O[C@@H](C)C2)c(C)c1. The van der Waals surface area contributed by atoms with E-state index in [4.69, 9.17) is 4.74 Å². The Bertz CT molecular complexity index is 463. The van der Waals surface area contributed by atoms with Gasteiger partial charge in [0.25, 0.3) is 0 Å². The second kappa shape index (κ2) is 5.61. The van der Waals surface area contributed by atoms with Gasteiger partial charge in [-0.3, -0.25) is 0 Å². The third kappa shape index (κ3) is 3.47. The standard InChI is InChI=1S/C15H22N2O2/c1-10-5-6-14(11(2)7-10)16-15(18)17-8-12(3)19-13(4)9-17/h5-7,12-13H,8-9H2,1-4H3,(H,16,18)/t12-,13+. The van der Waals surface area contributed by atoms with Crippen molar-refractivity contribution in [3.8, 4) is 0 Å². The maximum Gasteiger partial charge on any atom is 0.322 e. The fourth-order valence-electron chi connectivity index (χ4n) is 2.49. The highest BCUT2D eigenvalue weighted by Gasteiger charge is 2.25. The van der Waals surface area contributed by atoms with Crippen LogP contribution in [0.5, 0.6) is 0 Å². The van der Waals surface area contributed by atoms with E-state index in [1.165, 1.54) is 5.56 Å². The number of amides is 2. The number of hydrogen-bond donors (Lipinski definition) is 1. The lowest BCUT2D eigenvalue weighted by molar-refractivity contribution is -0.0530. The number of anilines is 1. The van der Waals surface area contributed by atoms with Gasteiger partial charge in [0, 0.05) is 18.8 Å². The number of aryl methyl sites for hydroxylation is 2. The number of carbonyl (C=O) groups excluding carboxylic acids is 1. The van der Waals surface area contributed by atoms with Crippen molar-refractivity contribution in [1.82, 2.24) is 4.90 Å². The van der Waals surface area contributed by atoms with Gasteiger partial charge in [0.2, 0.25) is 0 Å². The summed E-state index contributed by atoms with van der Waals surface area (Å²) in [6.45, 7) is 9.32. The average Bonchev–Trinajstić information content (AvgIpc) is 2.31. The van der Waals surface area contributed by atoms with Crippen LogP contribution in [0.2, 0.25) is 0 Å². The van der Waals surface area contributed by atoms with Gasteiger partial charge in [-0.05, 0) is 39.3 Å². The summed E-state index contributed by atoms with van der Waals surface area (Å²) >= 11 is 0. The monoisotopic (exact) mass is 262 g/mol. The Hall–Kier alpha value is -1.55. The molecule has 2 atom stereocenters. The van der Waals surface area contributed by atoms with Crippen molar-refractivity contribution < 1.29 is 9.53 Å². The van der Waals surface area contributed by atoms with Crippen molar-refractivity contribution in [2.24, 2.45) is 0 Å². The summed E-state index contributed by atoms with van der Waals surface area (Å²) in [5.41, 5.74) is 3.16. The molecule has 4 nitrogen and oxygen atoms in total. The predicted octanol–water partition coefficient (Wildman–Crippen LogP) is 2.94. The molecule has 0 aliphatic carbocycles. The van der Waals surface area contributed by atoms with E-state index in [9.17, 15) is 4.79 Å². The molecular formula is C15H22N2O2. The molecule has 1 aliphatic rings. The van der Waals surface area contributed by atoms with Crippen LogP contribution < -0.4 is 5.32 Å². The highest BCUT2D eigenvalue weighted by atomic mass is 16.5. The first-order valence-corrected chi connectivity index (χ1v) is 6.74. The van der Waals surface area contributed by atoms with Crippen molar-refractivity contribution >= 4 is 11.7 Å². The molecule has 104 valence electrons. The van der Waals surface area contributed by atoms with Crippen LogP contribution in [0.15, 0.2) is 18.2 Å². The van der Waals surface area contributed by atoms with E-state index in [0.717, 1.165) is 11.3 Å². The van der Waals surface area contributed by atoms with E-state index < -0.39 is 0 Å². The second-order valence-corrected chi connectivity index (χ2v) is 5.41. The summed E-state index contributed by atoms with van der Waals surface area (Å²) in [4.78, 5) is 14.1. The Balaban J connectivity index is 2.04. The molecule has 1 saturated heterocycles. The first-order chi connectivity index (χ1) is 8.95. The highest BCUT2D eigenvalue weighted by molar-refractivity contribution is 5.90. The van der Waals surface area contributed by atoms with E-state index in [1.807, 2.05) is 44.7 Å². The molecular weight excluding hydrogens is 240 g/mol. The third-order valence-electron chi connectivity index (χ3n) is 3.33. The molecule has 1 aliphatic heterocycles. The smallest absolute Gasteiger partial charge is 0.322 e. The zero-order chi connectivity index (χ0) is 14.0. The molecule has 1 aromatic rings. The van der Waals surface area contributed by atoms with Gasteiger partial charge in [0.15, 0.2) is 0 Å². The molecule has 1 N–H and O–H groups in total. The molecule has 0 unspecified atom stereocenters. The van der Waals surface area contributed by atoms with E-state index in [2.05, 4.69) is 11.4 Å². The number of nitrogens with one attached hydrogen (secondary N) is 1. The summed E-state index contributed by atoms with van der Waals surface area (Å²) in [5, 5.41) is 2.98. The van der Waals surface area contributed by atoms with Crippen molar-refractivity contribution in [2.75, 3.05) is 18.4 Å². The molecule has 2 amide bonds. The van der Waals surface area contributed by atoms with Crippen LogP contribution in [-0.4, -0.2) is 36.2 Å². The van der Waals surface area contributed by atoms with E-state index in [1.54, 1.807) is 0 Å². The molecule has 19 heavy (non-hydrogen) atoms. The lowest BCUT2D eigenvalue weighted by atomic mass is 10.1. The fraction of sp³-hybridized carbons (Fsp3) is 0.533. The number of morpholine rings is 1. The number of benzene rings is 1. The van der Waals surface area contributed by atoms with Crippen LogP contribution in [0.25, 0.3) is 0 Å². The maximum atomic E-state index is 12.3. The number of carbonyl (C=O) groups is 1. The Morgan fingerprint density at radius 3 is 2.47 bits per heavy atom. The zero-order valence-corrected chi connectivity index (χ0v) is 12.1. The van der Waals surface area contributed by atoms with Crippen LogP contribution in [0.4, 0.5) is 10.5 Å². The first-order valence-electron chi connectivity index (χ1n) is 6.74. The van der Waals surface area contributed by atoms with E-state index in [0.29, 0.717) is 13.1 Å². The minimum Gasteiger partial charge on any atom is -0.372 e. The summed E-state index contributed by atoms with van der Waals surface area (Å²) < 4.78 is 5.63. The molecule has 0 aromatic heterocycles. The summed E-state index contributed by atoms with van der Waals surface area (Å²) in [6, 6.07) is 5.98. The zero-order valence-electron chi connectivity index (χ0n) is 12.1. The van der Waals surface area contributed by atoms with Crippen LogP contribution in [0, 0.1) is 13.8 Å². The summed E-state index contributed by atoms with van der Waals surface area (Å²) in [7, 11) is 0. The molecule has 2 rings (SSSR count). The van der Waals surface area contributed by atoms with Crippen molar-refractivity contribution in [3.63, 3.8) is 0 Å². The Morgan fingerprint density at radius 1 is 1.26 bits per heavy atom. The van der Waals surface area contributed by atoms with Crippen LogP contribution in [-0.2, 0) is 4.74 Å². The minimum absolute atomic E-state index is 0.0473. The Morgan fingerprint density at radius 2 is 1.89 bits per heavy atom. The number of nitrogens with zero attached hydrogens (tertiary/aromatic N) is 1. The van der Waals surface area contributed by atoms with E-state index in [-0.39, 0.29) is 18.2 Å². The van der Waals surface area contributed by atoms with Gasteiger partial charge in [-0.1, -0.05) is 17.7 Å². The minimum atomic E-state index is -0.0473. The second-order valence-electron chi connectivity index (χ2n) is 5.41. The number of ether oxygens (including phenoxy) is 1. The summed E-state index contributed by atoms with van der Waals surface area (Å²) in [6.07, 6.45) is 0.183. The van der Waals surface area contributed by atoms with Crippen LogP contribution in [0.1, 0.15) is 25.0 Å². The van der Waals surface area contributed by atoms with Gasteiger partial charge in [-0.2, -0.15) is 0 Å². The van der Waals surface area contributed by atoms with Crippen molar-refractivity contribution in [2.45, 2.75) is 39.9 Å². The van der Waals surface area contributed by atoms with Gasteiger partial charge >= 0.3 is 6.03 Å². The van der Waals surface area contributed by atoms with Crippen molar-refractivity contribution in [3.05, 3.63) is 29.3 Å². The third-order valence-corrected chi connectivity index (χ3v) is 3.33. The molecule has 4 heteroatoms. The lowest BCUT2D eigenvalue weighted by Crippen LogP contribution is -2.49. The van der Waals surface area contributed by atoms with Crippen LogP contribution in [0.3, 0.4) is 0 Å². The molecule has 0 bridgehead atoms. The van der Waals surface area contributed by atoms with Gasteiger partial charge < -0.3 is 15.0 Å². The topological polar surface area (TPSA) is 41.6 Å². The Kier molecular flexibility index (Phi) is 4.10. The normalized spacial score (nSPS) is 23.3. The lowest BCUT2D eigenvalue weighted by Gasteiger charge is -2.35. The highest BCUT2D eigenvalue weighted by Crippen LogP contribution is 2.18. The number of rotatable bonds is 1. The number of hydrogen-bond acceptors (Lipinski definition) is 2. The van der Waals surface area contributed by atoms with E-state index >= 15 is 0 Å². The maximum absolute atomic E-state index is 12.3. The summed E-state index contributed by atoms with van der Waals surface area (Å²) in [5.74, 6) is 0.